The molecule has 0 saturated carbocycles. The number of aliphatic imine (C=N–C) groups is 2. The van der Waals surface area contributed by atoms with Crippen molar-refractivity contribution in [3.05, 3.63) is 30.3 Å². The van der Waals surface area contributed by atoms with Crippen molar-refractivity contribution >= 4 is 17.7 Å². The number of nitrogens with one attached hydrogen (secondary N) is 1. The number of anilines is 1. The van der Waals surface area contributed by atoms with Gasteiger partial charge in [0, 0.05) is 18.8 Å². The number of ether oxygens (including phenoxy) is 1. The monoisotopic (exact) mass is 427 g/mol. The molecule has 1 aromatic rings. The highest BCUT2D eigenvalue weighted by Crippen LogP contribution is 2.35. The molecule has 1 unspecified atom stereocenters. The van der Waals surface area contributed by atoms with E-state index in [1.807, 2.05) is 0 Å². The van der Waals surface area contributed by atoms with E-state index in [2.05, 4.69) is 20.0 Å². The molecule has 0 radical (unpaired) electrons. The van der Waals surface area contributed by atoms with Gasteiger partial charge in [0.15, 0.2) is 0 Å². The average molecular weight is 427 g/mol. The number of hydrogen-bond donors (Lipinski definition) is 2. The van der Waals surface area contributed by atoms with Gasteiger partial charge in [-0.1, -0.05) is 18.2 Å². The largest absolute Gasteiger partial charge is 0.442 e. The Morgan fingerprint density at radius 3 is 2.03 bits per heavy atom. The van der Waals surface area contributed by atoms with Crippen molar-refractivity contribution in [1.29, 1.82) is 0 Å². The first-order chi connectivity index (χ1) is 13.4. The molecular weight excluding hydrogens is 404 g/mol. The molecule has 0 fully saturated rings. The van der Waals surface area contributed by atoms with Gasteiger partial charge in [0.05, 0.1) is 0 Å². The molecule has 0 aliphatic carbocycles. The number of alkyl halides is 6. The van der Waals surface area contributed by atoms with Gasteiger partial charge in [-0.25, -0.2) is 4.99 Å². The van der Waals surface area contributed by atoms with Gasteiger partial charge in [-0.15, -0.1) is 0 Å². The summed E-state index contributed by atoms with van der Waals surface area (Å²) in [7, 11) is 0. The zero-order valence-corrected chi connectivity index (χ0v) is 16.1. The van der Waals surface area contributed by atoms with Crippen LogP contribution in [-0.2, 0) is 4.74 Å². The van der Waals surface area contributed by atoms with Gasteiger partial charge in [-0.05, 0) is 32.9 Å². The Hall–Kier alpha value is -2.66. The van der Waals surface area contributed by atoms with Crippen molar-refractivity contribution in [1.82, 2.24) is 4.90 Å². The molecule has 0 bridgehead atoms. The van der Waals surface area contributed by atoms with E-state index in [1.165, 1.54) is 4.90 Å². The summed E-state index contributed by atoms with van der Waals surface area (Å²) in [6, 6.07) is 7.61. The summed E-state index contributed by atoms with van der Waals surface area (Å²) in [4.78, 5) is 9.29. The molecule has 3 N–H and O–H groups in total. The van der Waals surface area contributed by atoms with Gasteiger partial charge in [-0.2, -0.15) is 31.3 Å². The number of para-hydroxylation sites is 1. The molecule has 0 heterocycles. The molecule has 164 valence electrons. The zero-order valence-electron chi connectivity index (χ0n) is 16.1. The van der Waals surface area contributed by atoms with Crippen LogP contribution in [0.5, 0.6) is 0 Å². The summed E-state index contributed by atoms with van der Waals surface area (Å²) in [5.41, 5.74) is 5.96. The molecule has 0 amide bonds. The lowest BCUT2D eigenvalue weighted by Gasteiger charge is -2.25. The smallest absolute Gasteiger partial charge is 0.434 e. The maximum absolute atomic E-state index is 12.7. The fourth-order valence-corrected chi connectivity index (χ4v) is 2.23. The van der Waals surface area contributed by atoms with Crippen molar-refractivity contribution in [3.8, 4) is 0 Å². The van der Waals surface area contributed by atoms with E-state index >= 15 is 0 Å². The highest BCUT2D eigenvalue weighted by atomic mass is 19.4. The van der Waals surface area contributed by atoms with Crippen molar-refractivity contribution < 1.29 is 31.1 Å². The molecule has 6 nitrogen and oxygen atoms in total. The lowest BCUT2D eigenvalue weighted by atomic mass is 10.3. The zero-order chi connectivity index (χ0) is 22.2. The Bertz CT molecular complexity index is 672. The van der Waals surface area contributed by atoms with Crippen LogP contribution in [0.1, 0.15) is 20.8 Å². The summed E-state index contributed by atoms with van der Waals surface area (Å²) in [5.74, 6) is -0.161. The van der Waals surface area contributed by atoms with E-state index in [0.29, 0.717) is 18.8 Å². The Labute approximate surface area is 164 Å². The maximum atomic E-state index is 12.7. The van der Waals surface area contributed by atoms with Crippen LogP contribution < -0.4 is 11.1 Å². The summed E-state index contributed by atoms with van der Waals surface area (Å²) in [5, 5.41) is 3.01. The number of nitrogens with zero attached hydrogens (tertiary/aromatic N) is 3. The number of guanidine groups is 1. The molecule has 0 aliphatic rings. The van der Waals surface area contributed by atoms with Crippen LogP contribution in [0.3, 0.4) is 0 Å². The third-order valence-electron chi connectivity index (χ3n) is 3.55. The van der Waals surface area contributed by atoms with E-state index < -0.39 is 30.6 Å². The molecule has 0 aromatic heterocycles. The molecular formula is C17H23F6N5O. The van der Waals surface area contributed by atoms with Gasteiger partial charge < -0.3 is 20.7 Å². The SMILES string of the molecule is CCN(CC)C(N=C(N)OC(C(F)(F)F)C(F)(F)F)=NC(C)Nc1ccccc1. The molecule has 0 spiro atoms. The predicted molar refractivity (Wildman–Crippen MR) is 98.5 cm³/mol. The van der Waals surface area contributed by atoms with Gasteiger partial charge in [0.2, 0.25) is 5.96 Å². The summed E-state index contributed by atoms with van der Waals surface area (Å²) < 4.78 is 79.8. The fourth-order valence-electron chi connectivity index (χ4n) is 2.23. The van der Waals surface area contributed by atoms with Crippen LogP contribution in [0.25, 0.3) is 0 Å². The molecule has 0 aliphatic heterocycles. The van der Waals surface area contributed by atoms with Crippen LogP contribution in [0.15, 0.2) is 40.3 Å². The van der Waals surface area contributed by atoms with Gasteiger partial charge in [0.25, 0.3) is 12.1 Å². The molecule has 1 aromatic carbocycles. The molecule has 0 saturated heterocycles. The number of hydrogen-bond acceptors (Lipinski definition) is 3. The minimum atomic E-state index is -5.70. The second kappa shape index (κ2) is 10.2. The first-order valence-corrected chi connectivity index (χ1v) is 8.67. The summed E-state index contributed by atoms with van der Waals surface area (Å²) in [6.07, 6.45) is -16.1. The highest BCUT2D eigenvalue weighted by Gasteiger charge is 2.59. The van der Waals surface area contributed by atoms with E-state index in [0.717, 1.165) is 0 Å². The van der Waals surface area contributed by atoms with Gasteiger partial charge in [-0.3, -0.25) is 0 Å². The summed E-state index contributed by atoms with van der Waals surface area (Å²) >= 11 is 0. The van der Waals surface area contributed by atoms with Crippen LogP contribution in [0.2, 0.25) is 0 Å². The molecule has 1 atom stereocenters. The van der Waals surface area contributed by atoms with Crippen LogP contribution in [0.4, 0.5) is 32.0 Å². The topological polar surface area (TPSA) is 75.2 Å². The fraction of sp³-hybridized carbons (Fsp3) is 0.529. The lowest BCUT2D eigenvalue weighted by molar-refractivity contribution is -0.303. The van der Waals surface area contributed by atoms with Crippen LogP contribution in [0, 0.1) is 0 Å². The van der Waals surface area contributed by atoms with Gasteiger partial charge >= 0.3 is 12.4 Å². The third kappa shape index (κ3) is 8.08. The minimum Gasteiger partial charge on any atom is -0.442 e. The van der Waals surface area contributed by atoms with E-state index in [-0.39, 0.29) is 5.96 Å². The van der Waals surface area contributed by atoms with Crippen molar-refractivity contribution in [2.75, 3.05) is 18.4 Å². The Kier molecular flexibility index (Phi) is 8.59. The van der Waals surface area contributed by atoms with Crippen LogP contribution in [-0.4, -0.2) is 54.6 Å². The normalized spacial score (nSPS) is 14.7. The molecule has 29 heavy (non-hydrogen) atoms. The maximum Gasteiger partial charge on any atom is 0.434 e. The van der Waals surface area contributed by atoms with Crippen molar-refractivity contribution in [3.63, 3.8) is 0 Å². The second-order valence-corrected chi connectivity index (χ2v) is 5.82. The molecule has 12 heteroatoms. The number of nitrogens with two attached hydrogens (primary N) is 1. The predicted octanol–water partition coefficient (Wildman–Crippen LogP) is 3.97. The lowest BCUT2D eigenvalue weighted by Crippen LogP contribution is -2.47. The number of rotatable bonds is 6. The summed E-state index contributed by atoms with van der Waals surface area (Å²) in [6.45, 7) is 5.75. The van der Waals surface area contributed by atoms with E-state index in [9.17, 15) is 26.3 Å². The van der Waals surface area contributed by atoms with Crippen LogP contribution >= 0.6 is 0 Å². The second-order valence-electron chi connectivity index (χ2n) is 5.82. The highest BCUT2D eigenvalue weighted by molar-refractivity contribution is 5.92. The third-order valence-corrected chi connectivity index (χ3v) is 3.55. The number of halogens is 6. The quantitative estimate of drug-likeness (QED) is 0.409. The Balaban J connectivity index is 3.13. The Morgan fingerprint density at radius 1 is 1.07 bits per heavy atom. The van der Waals surface area contributed by atoms with E-state index in [1.54, 1.807) is 51.1 Å². The first-order valence-electron chi connectivity index (χ1n) is 8.67. The van der Waals surface area contributed by atoms with Gasteiger partial charge in [0.1, 0.15) is 6.17 Å². The average Bonchev–Trinajstić information content (AvgIpc) is 2.59. The first kappa shape index (κ1) is 24.4. The van der Waals surface area contributed by atoms with E-state index in [4.69, 9.17) is 5.73 Å². The standard InChI is InChI=1S/C17H23F6N5O/c1-4-28(5-2)15(26-11(3)25-12-9-7-6-8-10-12)27-14(24)29-13(16(18,19)20)17(21,22)23/h6-11,13,25H,4-5H2,1-3H3,(H2,24,26,27). The minimum absolute atomic E-state index is 0.161. The van der Waals surface area contributed by atoms with Crippen molar-refractivity contribution in [2.45, 2.75) is 45.4 Å². The number of amidine groups is 1. The van der Waals surface area contributed by atoms with Crippen molar-refractivity contribution in [2.24, 2.45) is 15.7 Å². The molecule has 1 rings (SSSR count). The Morgan fingerprint density at radius 2 is 1.59 bits per heavy atom. The number of benzene rings is 1.